The zero-order valence-electron chi connectivity index (χ0n) is 36.0. The number of aliphatic hydroxyl groups excluding tert-OH is 1. The molecule has 352 valence electrons. The zero-order chi connectivity index (χ0) is 49.0. The molecular formula is C45H41N7O15S. The van der Waals surface area contributed by atoms with Crippen molar-refractivity contribution in [1.82, 2.24) is 9.80 Å². The van der Waals surface area contributed by atoms with E-state index < -0.39 is 79.4 Å². The Morgan fingerprint density at radius 3 is 1.81 bits per heavy atom. The van der Waals surface area contributed by atoms with Gasteiger partial charge in [-0.3, -0.25) is 49.7 Å². The quantitative estimate of drug-likeness (QED) is 0.0271. The number of non-ortho nitro benzene ring substituents is 3. The molecule has 0 bridgehead atoms. The number of rotatable bonds is 17. The Balaban J connectivity index is 1.13. The smallest absolute Gasteiger partial charge is 0.410 e. The normalized spacial score (nSPS) is 21.0. The lowest BCUT2D eigenvalue weighted by Crippen LogP contribution is -2.74. The van der Waals surface area contributed by atoms with E-state index >= 15 is 0 Å². The average molecular weight is 952 g/mol. The molecule has 0 spiro atoms. The second-order valence-corrected chi connectivity index (χ2v) is 17.4. The Labute approximate surface area is 389 Å². The lowest BCUT2D eigenvalue weighted by Gasteiger charge is -2.55. The SMILES string of the molecule is C[C@@H](O)[C@H]1C(=O)N2C(C(=O)OCc3ccc([N+](=O)[O-])cc3)=C(S[C@H]3C[C@@H](C(=O)Nc4cccc(C(=O)OCc5ccc([N+](=O)[O-])cc5)c4)N(C(=O)OCc4ccc([N+](=O)[O-])cc4)C3)[C@H](C)C12C=N. The van der Waals surface area contributed by atoms with Crippen LogP contribution >= 0.6 is 11.8 Å². The molecule has 3 N–H and O–H groups in total. The summed E-state index contributed by atoms with van der Waals surface area (Å²) in [6.45, 7) is 2.06. The van der Waals surface area contributed by atoms with Crippen LogP contribution in [0.2, 0.25) is 0 Å². The molecule has 2 fully saturated rings. The number of carbonyl (C=O) groups is 5. The number of amides is 3. The highest BCUT2D eigenvalue weighted by Crippen LogP contribution is 2.58. The summed E-state index contributed by atoms with van der Waals surface area (Å²) in [4.78, 5) is 103. The number of nitro groups is 3. The molecule has 0 aromatic heterocycles. The first kappa shape index (κ1) is 47.9. The van der Waals surface area contributed by atoms with E-state index in [2.05, 4.69) is 5.32 Å². The van der Waals surface area contributed by atoms with Crippen LogP contribution in [0.25, 0.3) is 0 Å². The highest BCUT2D eigenvalue weighted by molar-refractivity contribution is 8.03. The molecule has 1 unspecified atom stereocenters. The van der Waals surface area contributed by atoms with Crippen LogP contribution in [0.1, 0.15) is 47.3 Å². The maximum absolute atomic E-state index is 14.2. The number of anilines is 1. The molecule has 0 radical (unpaired) electrons. The molecule has 23 heteroatoms. The van der Waals surface area contributed by atoms with Crippen molar-refractivity contribution in [2.75, 3.05) is 11.9 Å². The Bertz CT molecular complexity index is 2730. The summed E-state index contributed by atoms with van der Waals surface area (Å²) in [5.41, 5.74) is -0.669. The number of ether oxygens (including phenoxy) is 3. The lowest BCUT2D eigenvalue weighted by molar-refractivity contribution is -0.385. The molecule has 3 aliphatic rings. The highest BCUT2D eigenvalue weighted by Gasteiger charge is 2.70. The summed E-state index contributed by atoms with van der Waals surface area (Å²) < 4.78 is 16.6. The molecule has 2 saturated heterocycles. The molecule has 4 aromatic rings. The van der Waals surface area contributed by atoms with Crippen LogP contribution in [0.15, 0.2) is 108 Å². The fraction of sp³-hybridized carbons (Fsp3) is 0.289. The molecule has 22 nitrogen and oxygen atoms in total. The minimum atomic E-state index is -1.47. The van der Waals surface area contributed by atoms with Gasteiger partial charge in [0.1, 0.15) is 37.1 Å². The monoisotopic (exact) mass is 951 g/mol. The van der Waals surface area contributed by atoms with Crippen molar-refractivity contribution >= 4 is 70.6 Å². The number of esters is 2. The van der Waals surface area contributed by atoms with Crippen molar-refractivity contribution < 1.29 is 58.1 Å². The molecule has 7 rings (SSSR count). The summed E-state index contributed by atoms with van der Waals surface area (Å²) in [6.07, 6.45) is -1.21. The van der Waals surface area contributed by atoms with E-state index in [4.69, 9.17) is 19.6 Å². The number of fused-ring (bicyclic) bond motifs is 1. The van der Waals surface area contributed by atoms with Crippen LogP contribution in [0.4, 0.5) is 27.5 Å². The Morgan fingerprint density at radius 1 is 0.824 bits per heavy atom. The third kappa shape index (κ3) is 9.60. The standard InChI is InChI=1S/C45H41N7O15S/c1-25-39(38(49-41(55)37(26(2)53)45(25,49)24-46)43(57)66-22-28-8-14-33(15-9-28)51(61)62)68-35-19-36(48(20-35)44(58)67-23-29-10-16-34(17-11-29)52(63)64)40(54)47-31-5-3-4-30(18-31)42(56)65-21-27-6-12-32(13-7-27)50(59)60/h3-18,24-26,35-37,46,53H,19-23H2,1-2H3,(H,47,54)/t25-,26+,35-,36-,37-,45?/m0/s1. The summed E-state index contributed by atoms with van der Waals surface area (Å²) in [5, 5.41) is 54.6. The van der Waals surface area contributed by atoms with Gasteiger partial charge in [-0.2, -0.15) is 0 Å². The number of hydrogen-bond acceptors (Lipinski definition) is 17. The summed E-state index contributed by atoms with van der Waals surface area (Å²) >= 11 is 1.08. The van der Waals surface area contributed by atoms with E-state index in [1.54, 1.807) is 6.92 Å². The van der Waals surface area contributed by atoms with E-state index in [1.165, 1.54) is 109 Å². The van der Waals surface area contributed by atoms with E-state index in [9.17, 15) is 59.4 Å². The van der Waals surface area contributed by atoms with Gasteiger partial charge in [0.2, 0.25) is 11.8 Å². The van der Waals surface area contributed by atoms with E-state index in [0.29, 0.717) is 16.7 Å². The molecule has 3 amide bonds. The van der Waals surface area contributed by atoms with E-state index in [1.807, 2.05) is 0 Å². The van der Waals surface area contributed by atoms with Gasteiger partial charge in [-0.25, -0.2) is 14.4 Å². The molecule has 4 aromatic carbocycles. The predicted octanol–water partition coefficient (Wildman–Crippen LogP) is 6.05. The predicted molar refractivity (Wildman–Crippen MR) is 240 cm³/mol. The number of thioether (sulfide) groups is 1. The van der Waals surface area contributed by atoms with Gasteiger partial charge in [0, 0.05) is 70.9 Å². The lowest BCUT2D eigenvalue weighted by atomic mass is 9.66. The van der Waals surface area contributed by atoms with Crippen LogP contribution in [0.5, 0.6) is 0 Å². The molecule has 6 atom stereocenters. The van der Waals surface area contributed by atoms with Gasteiger partial charge < -0.3 is 30.0 Å². The second kappa shape index (κ2) is 19.8. The zero-order valence-corrected chi connectivity index (χ0v) is 36.9. The topological polar surface area (TPSA) is 305 Å². The van der Waals surface area contributed by atoms with Crippen LogP contribution in [0, 0.1) is 47.6 Å². The number of nitrogens with one attached hydrogen (secondary N) is 2. The van der Waals surface area contributed by atoms with Gasteiger partial charge >= 0.3 is 18.0 Å². The van der Waals surface area contributed by atoms with Crippen molar-refractivity contribution in [3.8, 4) is 0 Å². The van der Waals surface area contributed by atoms with E-state index in [-0.39, 0.29) is 71.7 Å². The van der Waals surface area contributed by atoms with Gasteiger partial charge in [0.25, 0.3) is 17.1 Å². The molecule has 3 heterocycles. The number of nitro benzene ring substituents is 3. The van der Waals surface area contributed by atoms with Crippen LogP contribution in [0.3, 0.4) is 0 Å². The summed E-state index contributed by atoms with van der Waals surface area (Å²) in [7, 11) is 0. The fourth-order valence-electron chi connectivity index (χ4n) is 8.40. The Kier molecular flexibility index (Phi) is 14.0. The third-order valence-electron chi connectivity index (χ3n) is 11.8. The average Bonchev–Trinajstić information content (AvgIpc) is 3.84. The first-order valence-electron chi connectivity index (χ1n) is 20.8. The largest absolute Gasteiger partial charge is 0.457 e. The van der Waals surface area contributed by atoms with Crippen LogP contribution in [-0.4, -0.2) is 95.2 Å². The highest BCUT2D eigenvalue weighted by atomic mass is 32.2. The van der Waals surface area contributed by atoms with Crippen molar-refractivity contribution in [2.45, 2.75) is 63.0 Å². The molecule has 68 heavy (non-hydrogen) atoms. The first-order chi connectivity index (χ1) is 32.4. The maximum Gasteiger partial charge on any atom is 0.410 e. The van der Waals surface area contributed by atoms with E-state index in [0.717, 1.165) is 22.9 Å². The fourth-order valence-corrected chi connectivity index (χ4v) is 9.95. The van der Waals surface area contributed by atoms with Crippen molar-refractivity contribution in [3.05, 3.63) is 160 Å². The van der Waals surface area contributed by atoms with Gasteiger partial charge in [0.05, 0.1) is 32.4 Å². The first-order valence-corrected chi connectivity index (χ1v) is 21.6. The van der Waals surface area contributed by atoms with Crippen LogP contribution < -0.4 is 5.32 Å². The molecule has 0 aliphatic carbocycles. The van der Waals surface area contributed by atoms with Crippen LogP contribution in [-0.2, 0) is 48.4 Å². The van der Waals surface area contributed by atoms with Crippen molar-refractivity contribution in [3.63, 3.8) is 0 Å². The van der Waals surface area contributed by atoms with Gasteiger partial charge in [0.15, 0.2) is 0 Å². The summed E-state index contributed by atoms with van der Waals surface area (Å²) in [5.74, 6) is -4.94. The molecule has 3 aliphatic heterocycles. The number of nitrogens with zero attached hydrogens (tertiary/aromatic N) is 5. The van der Waals surface area contributed by atoms with Gasteiger partial charge in [-0.05, 0) is 84.6 Å². The number of β-lactam (4-membered cyclic amide) rings is 1. The summed E-state index contributed by atoms with van der Waals surface area (Å²) in [6, 6.07) is 20.5. The number of likely N-dealkylation sites (tertiary alicyclic amines) is 1. The van der Waals surface area contributed by atoms with Gasteiger partial charge in [-0.1, -0.05) is 13.0 Å². The molecular weight excluding hydrogens is 911 g/mol. The molecule has 0 saturated carbocycles. The van der Waals surface area contributed by atoms with Crippen molar-refractivity contribution in [2.24, 2.45) is 11.8 Å². The second-order valence-electron chi connectivity index (χ2n) is 16.0. The Morgan fingerprint density at radius 2 is 1.32 bits per heavy atom. The third-order valence-corrected chi connectivity index (χ3v) is 13.3. The minimum Gasteiger partial charge on any atom is -0.457 e. The Hall–Kier alpha value is -8.05. The number of carbonyl (C=O) groups excluding carboxylic acids is 5. The maximum atomic E-state index is 14.2. The number of aliphatic hydroxyl groups is 1. The minimum absolute atomic E-state index is 0.0488. The van der Waals surface area contributed by atoms with Crippen molar-refractivity contribution in [1.29, 1.82) is 5.41 Å². The number of benzene rings is 4. The van der Waals surface area contributed by atoms with Gasteiger partial charge in [-0.15, -0.1) is 11.8 Å². The number of hydrogen-bond donors (Lipinski definition) is 3.